The number of nitrogens with zero attached hydrogens (tertiary/aromatic N) is 1. The molecule has 1 fully saturated rings. The molecule has 1 atom stereocenters. The van der Waals surface area contributed by atoms with E-state index in [1.807, 2.05) is 0 Å². The first-order valence-corrected chi connectivity index (χ1v) is 4.41. The predicted molar refractivity (Wildman–Crippen MR) is 48.0 cm³/mol. The molecule has 0 aromatic rings. The van der Waals surface area contributed by atoms with E-state index in [4.69, 9.17) is 0 Å². The van der Waals surface area contributed by atoms with Crippen LogP contribution >= 0.6 is 0 Å². The standard InChI is InChI=1S/C9H19NO2/c1-7(11)9(12)5-10(6-9)8(2,3)4/h7,11-12H,5-6H2,1-4H3. The van der Waals surface area contributed by atoms with Gasteiger partial charge in [0.05, 0.1) is 6.10 Å². The Balaban J connectivity index is 2.47. The zero-order valence-electron chi connectivity index (χ0n) is 8.33. The second-order valence-corrected chi connectivity index (χ2v) is 4.81. The molecule has 12 heavy (non-hydrogen) atoms. The molecule has 1 saturated heterocycles. The van der Waals surface area contributed by atoms with Gasteiger partial charge in [-0.15, -0.1) is 0 Å². The van der Waals surface area contributed by atoms with Crippen LogP contribution in [0.4, 0.5) is 0 Å². The number of rotatable bonds is 1. The molecular formula is C9H19NO2. The molecule has 3 nitrogen and oxygen atoms in total. The lowest BCUT2D eigenvalue weighted by molar-refractivity contribution is -0.181. The third-order valence-electron chi connectivity index (χ3n) is 2.66. The van der Waals surface area contributed by atoms with Crippen LogP contribution in [0.5, 0.6) is 0 Å². The lowest BCUT2D eigenvalue weighted by Crippen LogP contribution is -2.70. The first-order valence-electron chi connectivity index (χ1n) is 4.41. The van der Waals surface area contributed by atoms with Gasteiger partial charge in [0, 0.05) is 18.6 Å². The van der Waals surface area contributed by atoms with Crippen LogP contribution in [0.2, 0.25) is 0 Å². The van der Waals surface area contributed by atoms with Gasteiger partial charge in [0.2, 0.25) is 0 Å². The average molecular weight is 173 g/mol. The van der Waals surface area contributed by atoms with Crippen molar-refractivity contribution in [3.8, 4) is 0 Å². The summed E-state index contributed by atoms with van der Waals surface area (Å²) in [7, 11) is 0. The molecule has 1 aliphatic rings. The Bertz CT molecular complexity index is 166. The van der Waals surface area contributed by atoms with Gasteiger partial charge in [-0.25, -0.2) is 0 Å². The average Bonchev–Trinajstić information content (AvgIpc) is 1.77. The van der Waals surface area contributed by atoms with E-state index in [0.717, 1.165) is 0 Å². The van der Waals surface area contributed by atoms with E-state index in [2.05, 4.69) is 25.7 Å². The number of β-amino-alcohol motifs (C(OH)–C–C–N with tert-alkyl or cyclic N) is 1. The molecule has 1 heterocycles. The summed E-state index contributed by atoms with van der Waals surface area (Å²) in [5, 5.41) is 19.0. The molecule has 0 amide bonds. The fourth-order valence-electron chi connectivity index (χ4n) is 1.35. The highest BCUT2D eigenvalue weighted by molar-refractivity contribution is 5.02. The fourth-order valence-corrected chi connectivity index (χ4v) is 1.35. The van der Waals surface area contributed by atoms with Crippen molar-refractivity contribution in [1.29, 1.82) is 0 Å². The molecule has 1 rings (SSSR count). The summed E-state index contributed by atoms with van der Waals surface area (Å²) in [6, 6.07) is 0. The van der Waals surface area contributed by atoms with Crippen LogP contribution in [0, 0.1) is 0 Å². The van der Waals surface area contributed by atoms with E-state index in [1.165, 1.54) is 0 Å². The molecule has 0 radical (unpaired) electrons. The second kappa shape index (κ2) is 2.69. The molecule has 0 aliphatic carbocycles. The Morgan fingerprint density at radius 2 is 1.75 bits per heavy atom. The van der Waals surface area contributed by atoms with Crippen molar-refractivity contribution in [1.82, 2.24) is 4.90 Å². The minimum absolute atomic E-state index is 0.0983. The van der Waals surface area contributed by atoms with Gasteiger partial charge in [-0.3, -0.25) is 4.90 Å². The molecule has 2 N–H and O–H groups in total. The quantitative estimate of drug-likeness (QED) is 0.596. The topological polar surface area (TPSA) is 43.7 Å². The van der Waals surface area contributed by atoms with Crippen molar-refractivity contribution in [2.24, 2.45) is 0 Å². The van der Waals surface area contributed by atoms with Gasteiger partial charge in [0.25, 0.3) is 0 Å². The third-order valence-corrected chi connectivity index (χ3v) is 2.66. The molecule has 0 bridgehead atoms. The van der Waals surface area contributed by atoms with Crippen molar-refractivity contribution < 1.29 is 10.2 Å². The largest absolute Gasteiger partial charge is 0.390 e. The van der Waals surface area contributed by atoms with E-state index in [-0.39, 0.29) is 5.54 Å². The monoisotopic (exact) mass is 173 g/mol. The lowest BCUT2D eigenvalue weighted by Gasteiger charge is -2.54. The first-order chi connectivity index (χ1) is 5.26. The summed E-state index contributed by atoms with van der Waals surface area (Å²) in [4.78, 5) is 2.15. The first kappa shape index (κ1) is 9.96. The summed E-state index contributed by atoms with van der Waals surface area (Å²) in [6.45, 7) is 9.11. The zero-order valence-corrected chi connectivity index (χ0v) is 8.33. The van der Waals surface area contributed by atoms with Gasteiger partial charge in [-0.05, 0) is 27.7 Å². The Labute approximate surface area is 74.0 Å². The van der Waals surface area contributed by atoms with E-state index in [9.17, 15) is 10.2 Å². The summed E-state index contributed by atoms with van der Waals surface area (Å²) < 4.78 is 0. The minimum Gasteiger partial charge on any atom is -0.390 e. The van der Waals surface area contributed by atoms with Crippen LogP contribution in [0.25, 0.3) is 0 Å². The van der Waals surface area contributed by atoms with Gasteiger partial charge < -0.3 is 10.2 Å². The van der Waals surface area contributed by atoms with Crippen LogP contribution in [0.1, 0.15) is 27.7 Å². The number of likely N-dealkylation sites (tertiary alicyclic amines) is 1. The number of hydrogen-bond donors (Lipinski definition) is 2. The zero-order chi connectivity index (χ0) is 9.57. The minimum atomic E-state index is -0.868. The molecule has 3 heteroatoms. The van der Waals surface area contributed by atoms with Crippen LogP contribution in [-0.2, 0) is 0 Å². The smallest absolute Gasteiger partial charge is 0.115 e. The summed E-state index contributed by atoms with van der Waals surface area (Å²) >= 11 is 0. The van der Waals surface area contributed by atoms with E-state index in [1.54, 1.807) is 6.92 Å². The molecule has 0 aromatic heterocycles. The normalized spacial score (nSPS) is 26.5. The molecule has 1 unspecified atom stereocenters. The highest BCUT2D eigenvalue weighted by atomic mass is 16.3. The number of aliphatic hydroxyl groups excluding tert-OH is 1. The Hall–Kier alpha value is -0.120. The molecule has 1 aliphatic heterocycles. The van der Waals surface area contributed by atoms with Crippen molar-refractivity contribution in [2.45, 2.75) is 44.9 Å². The Kier molecular flexibility index (Phi) is 2.23. The Morgan fingerprint density at radius 3 is 2.00 bits per heavy atom. The van der Waals surface area contributed by atoms with Crippen molar-refractivity contribution in [3.05, 3.63) is 0 Å². The maximum Gasteiger partial charge on any atom is 0.115 e. The molecule has 0 saturated carbocycles. The van der Waals surface area contributed by atoms with E-state index < -0.39 is 11.7 Å². The highest BCUT2D eigenvalue weighted by Gasteiger charge is 2.48. The SMILES string of the molecule is CC(O)C1(O)CN(C(C)(C)C)C1. The summed E-state index contributed by atoms with van der Waals surface area (Å²) in [6.07, 6.45) is -0.629. The van der Waals surface area contributed by atoms with Crippen molar-refractivity contribution in [3.63, 3.8) is 0 Å². The maximum absolute atomic E-state index is 9.73. The number of aliphatic hydroxyl groups is 2. The van der Waals surface area contributed by atoms with Crippen LogP contribution in [0.3, 0.4) is 0 Å². The molecule has 72 valence electrons. The van der Waals surface area contributed by atoms with Crippen LogP contribution in [0.15, 0.2) is 0 Å². The molecule has 0 spiro atoms. The highest BCUT2D eigenvalue weighted by Crippen LogP contribution is 2.30. The Morgan fingerprint density at radius 1 is 1.33 bits per heavy atom. The molecular weight excluding hydrogens is 154 g/mol. The lowest BCUT2D eigenvalue weighted by atomic mass is 9.85. The van der Waals surface area contributed by atoms with E-state index >= 15 is 0 Å². The van der Waals surface area contributed by atoms with Crippen molar-refractivity contribution in [2.75, 3.05) is 13.1 Å². The van der Waals surface area contributed by atoms with Crippen LogP contribution < -0.4 is 0 Å². The van der Waals surface area contributed by atoms with Gasteiger partial charge >= 0.3 is 0 Å². The number of hydrogen-bond acceptors (Lipinski definition) is 3. The fraction of sp³-hybridized carbons (Fsp3) is 1.00. The van der Waals surface area contributed by atoms with Gasteiger partial charge in [-0.1, -0.05) is 0 Å². The predicted octanol–water partition coefficient (Wildman–Crippen LogP) is 0.212. The second-order valence-electron chi connectivity index (χ2n) is 4.81. The third kappa shape index (κ3) is 1.63. The van der Waals surface area contributed by atoms with E-state index in [0.29, 0.717) is 13.1 Å². The van der Waals surface area contributed by atoms with Crippen LogP contribution in [-0.4, -0.2) is 45.4 Å². The van der Waals surface area contributed by atoms with Gasteiger partial charge in [-0.2, -0.15) is 0 Å². The van der Waals surface area contributed by atoms with Crippen molar-refractivity contribution >= 4 is 0 Å². The van der Waals surface area contributed by atoms with Gasteiger partial charge in [0.1, 0.15) is 5.60 Å². The summed E-state index contributed by atoms with van der Waals surface area (Å²) in [5.74, 6) is 0. The van der Waals surface area contributed by atoms with Gasteiger partial charge in [0.15, 0.2) is 0 Å². The molecule has 0 aromatic carbocycles. The summed E-state index contributed by atoms with van der Waals surface area (Å²) in [5.41, 5.74) is -0.769. The maximum atomic E-state index is 9.73.